The van der Waals surface area contributed by atoms with Crippen molar-refractivity contribution in [2.24, 2.45) is 11.8 Å². The van der Waals surface area contributed by atoms with Crippen LogP contribution in [0.2, 0.25) is 0 Å². The molecule has 7 nitrogen and oxygen atoms in total. The second-order valence-electron chi connectivity index (χ2n) is 6.83. The van der Waals surface area contributed by atoms with Crippen LogP contribution in [-0.2, 0) is 14.4 Å². The number of pyridine rings is 1. The predicted molar refractivity (Wildman–Crippen MR) is 85.7 cm³/mol. The molecule has 0 N–H and O–H groups in total. The van der Waals surface area contributed by atoms with Gasteiger partial charge in [-0.3, -0.25) is 19.3 Å². The molecule has 3 heterocycles. The molecule has 0 radical (unpaired) electrons. The van der Waals surface area contributed by atoms with Gasteiger partial charge in [-0.05, 0) is 30.9 Å². The van der Waals surface area contributed by atoms with Crippen LogP contribution in [0.5, 0.6) is 0 Å². The lowest BCUT2D eigenvalue weighted by Gasteiger charge is -2.21. The van der Waals surface area contributed by atoms with Gasteiger partial charge in [0.1, 0.15) is 12.4 Å². The van der Waals surface area contributed by atoms with Crippen LogP contribution in [0, 0.1) is 11.8 Å². The second-order valence-corrected chi connectivity index (χ2v) is 6.83. The van der Waals surface area contributed by atoms with Crippen LogP contribution in [-0.4, -0.2) is 58.8 Å². The van der Waals surface area contributed by atoms with Gasteiger partial charge in [-0.15, -0.1) is 0 Å². The average molecular weight is 328 g/mol. The SMILES string of the molecule is O=C1CN(C(=O)C2CC(=O)N(c3ccccn3)C2)CN1CC1CC1. The molecule has 1 atom stereocenters. The molecule has 24 heavy (non-hydrogen) atoms. The highest BCUT2D eigenvalue weighted by Crippen LogP contribution is 2.31. The Morgan fingerprint density at radius 2 is 2.04 bits per heavy atom. The largest absolute Gasteiger partial charge is 0.323 e. The van der Waals surface area contributed by atoms with E-state index in [1.165, 1.54) is 12.8 Å². The number of anilines is 1. The molecule has 7 heteroatoms. The number of hydrogen-bond acceptors (Lipinski definition) is 4. The van der Waals surface area contributed by atoms with E-state index in [1.54, 1.807) is 33.0 Å². The van der Waals surface area contributed by atoms with Crippen LogP contribution in [0.25, 0.3) is 0 Å². The zero-order valence-corrected chi connectivity index (χ0v) is 13.4. The van der Waals surface area contributed by atoms with E-state index in [4.69, 9.17) is 0 Å². The van der Waals surface area contributed by atoms with E-state index in [1.807, 2.05) is 6.07 Å². The van der Waals surface area contributed by atoms with E-state index in [0.29, 0.717) is 24.9 Å². The topological polar surface area (TPSA) is 73.8 Å². The summed E-state index contributed by atoms with van der Waals surface area (Å²) in [6.45, 7) is 1.59. The maximum Gasteiger partial charge on any atom is 0.243 e. The van der Waals surface area contributed by atoms with E-state index < -0.39 is 5.92 Å². The van der Waals surface area contributed by atoms with Crippen LogP contribution < -0.4 is 4.90 Å². The van der Waals surface area contributed by atoms with E-state index in [2.05, 4.69) is 4.98 Å². The standard InChI is InChI=1S/C17H20N4O3/c22-15-7-13(9-21(15)14-3-1-2-6-18-14)17(24)20-10-16(23)19(11-20)8-12-4-5-12/h1-3,6,12-13H,4-5,7-11H2. The van der Waals surface area contributed by atoms with Crippen molar-refractivity contribution in [3.63, 3.8) is 0 Å². The van der Waals surface area contributed by atoms with Gasteiger partial charge in [-0.1, -0.05) is 6.07 Å². The zero-order chi connectivity index (χ0) is 16.7. The van der Waals surface area contributed by atoms with Gasteiger partial charge in [0.15, 0.2) is 0 Å². The number of hydrogen-bond donors (Lipinski definition) is 0. The third-order valence-corrected chi connectivity index (χ3v) is 4.91. The van der Waals surface area contributed by atoms with Gasteiger partial charge in [0.05, 0.1) is 12.6 Å². The second kappa shape index (κ2) is 5.89. The molecule has 3 aliphatic rings. The molecule has 1 aromatic rings. The quantitative estimate of drug-likeness (QED) is 0.805. The highest BCUT2D eigenvalue weighted by atomic mass is 16.2. The monoisotopic (exact) mass is 328 g/mol. The molecule has 1 aliphatic carbocycles. The summed E-state index contributed by atoms with van der Waals surface area (Å²) < 4.78 is 0. The van der Waals surface area contributed by atoms with Crippen molar-refractivity contribution >= 4 is 23.5 Å². The number of aromatic nitrogens is 1. The maximum atomic E-state index is 12.7. The molecule has 3 fully saturated rings. The Kier molecular flexibility index (Phi) is 3.70. The summed E-state index contributed by atoms with van der Waals surface area (Å²) in [4.78, 5) is 46.1. The summed E-state index contributed by atoms with van der Waals surface area (Å²) >= 11 is 0. The maximum absolute atomic E-state index is 12.7. The van der Waals surface area contributed by atoms with Crippen molar-refractivity contribution in [3.05, 3.63) is 24.4 Å². The number of rotatable bonds is 4. The lowest BCUT2D eigenvalue weighted by atomic mass is 10.1. The number of nitrogens with zero attached hydrogens (tertiary/aromatic N) is 4. The molecule has 1 saturated carbocycles. The summed E-state index contributed by atoms with van der Waals surface area (Å²) in [5.41, 5.74) is 0. The van der Waals surface area contributed by atoms with Gasteiger partial charge in [0.2, 0.25) is 17.7 Å². The summed E-state index contributed by atoms with van der Waals surface area (Å²) in [5.74, 6) is 0.609. The molecule has 2 saturated heterocycles. The Hall–Kier alpha value is -2.44. The molecule has 0 aromatic carbocycles. The van der Waals surface area contributed by atoms with Crippen molar-refractivity contribution in [2.45, 2.75) is 19.3 Å². The van der Waals surface area contributed by atoms with Crippen molar-refractivity contribution in [2.75, 3.05) is 31.2 Å². The summed E-state index contributed by atoms with van der Waals surface area (Å²) in [5, 5.41) is 0. The van der Waals surface area contributed by atoms with E-state index in [0.717, 1.165) is 6.54 Å². The fourth-order valence-electron chi connectivity index (χ4n) is 3.38. The van der Waals surface area contributed by atoms with Crippen LogP contribution in [0.3, 0.4) is 0 Å². The molecule has 0 bridgehead atoms. The first-order valence-electron chi connectivity index (χ1n) is 8.40. The summed E-state index contributed by atoms with van der Waals surface area (Å²) in [7, 11) is 0. The Bertz CT molecular complexity index is 674. The third-order valence-electron chi connectivity index (χ3n) is 4.91. The molecule has 3 amide bonds. The number of amides is 3. The number of carbonyl (C=O) groups is 3. The zero-order valence-electron chi connectivity index (χ0n) is 13.4. The first-order valence-corrected chi connectivity index (χ1v) is 8.40. The minimum Gasteiger partial charge on any atom is -0.323 e. The molecule has 0 spiro atoms. The highest BCUT2D eigenvalue weighted by molar-refractivity contribution is 6.00. The fraction of sp³-hybridized carbons (Fsp3) is 0.529. The number of carbonyl (C=O) groups excluding carboxylic acids is 3. The Morgan fingerprint density at radius 1 is 1.21 bits per heavy atom. The molecule has 2 aliphatic heterocycles. The van der Waals surface area contributed by atoms with Gasteiger partial charge in [-0.2, -0.15) is 0 Å². The smallest absolute Gasteiger partial charge is 0.243 e. The van der Waals surface area contributed by atoms with Crippen molar-refractivity contribution in [1.29, 1.82) is 0 Å². The van der Waals surface area contributed by atoms with E-state index in [9.17, 15) is 14.4 Å². The molecular formula is C17H20N4O3. The van der Waals surface area contributed by atoms with Gasteiger partial charge < -0.3 is 9.80 Å². The van der Waals surface area contributed by atoms with E-state index >= 15 is 0 Å². The van der Waals surface area contributed by atoms with Gasteiger partial charge in [0.25, 0.3) is 0 Å². The fourth-order valence-corrected chi connectivity index (χ4v) is 3.38. The highest BCUT2D eigenvalue weighted by Gasteiger charge is 2.41. The summed E-state index contributed by atoms with van der Waals surface area (Å²) in [6.07, 6.45) is 4.16. The predicted octanol–water partition coefficient (Wildman–Crippen LogP) is 0.473. The lowest BCUT2D eigenvalue weighted by Crippen LogP contribution is -2.37. The molecule has 1 aromatic heterocycles. The van der Waals surface area contributed by atoms with Crippen molar-refractivity contribution in [1.82, 2.24) is 14.8 Å². The average Bonchev–Trinajstić information content (AvgIpc) is 3.21. The van der Waals surface area contributed by atoms with E-state index in [-0.39, 0.29) is 30.7 Å². The molecule has 1 unspecified atom stereocenters. The molecule has 126 valence electrons. The van der Waals surface area contributed by atoms with Crippen molar-refractivity contribution in [3.8, 4) is 0 Å². The van der Waals surface area contributed by atoms with Crippen LogP contribution in [0.4, 0.5) is 5.82 Å². The van der Waals surface area contributed by atoms with Crippen LogP contribution in [0.1, 0.15) is 19.3 Å². The first kappa shape index (κ1) is 15.1. The Labute approximate surface area is 140 Å². The minimum atomic E-state index is -0.395. The van der Waals surface area contributed by atoms with Gasteiger partial charge in [0, 0.05) is 25.7 Å². The van der Waals surface area contributed by atoms with Gasteiger partial charge >= 0.3 is 0 Å². The molecule has 4 rings (SSSR count). The van der Waals surface area contributed by atoms with Crippen LogP contribution in [0.15, 0.2) is 24.4 Å². The van der Waals surface area contributed by atoms with Gasteiger partial charge in [-0.25, -0.2) is 4.98 Å². The normalized spacial score (nSPS) is 24.2. The Balaban J connectivity index is 1.40. The molecular weight excluding hydrogens is 308 g/mol. The third kappa shape index (κ3) is 2.86. The van der Waals surface area contributed by atoms with Crippen molar-refractivity contribution < 1.29 is 14.4 Å². The van der Waals surface area contributed by atoms with Crippen LogP contribution >= 0.6 is 0 Å². The lowest BCUT2D eigenvalue weighted by molar-refractivity contribution is -0.135. The first-order chi connectivity index (χ1) is 11.6. The summed E-state index contributed by atoms with van der Waals surface area (Å²) in [6, 6.07) is 5.37. The Morgan fingerprint density at radius 3 is 2.75 bits per heavy atom. The minimum absolute atomic E-state index is 0.0150.